The van der Waals surface area contributed by atoms with Gasteiger partial charge in [-0.2, -0.15) is 0 Å². The lowest BCUT2D eigenvalue weighted by molar-refractivity contribution is -0.153. The van der Waals surface area contributed by atoms with E-state index in [1.165, 1.54) is 5.56 Å². The summed E-state index contributed by atoms with van der Waals surface area (Å²) in [6.45, 7) is 5.92. The van der Waals surface area contributed by atoms with E-state index in [1.807, 2.05) is 39.0 Å². The van der Waals surface area contributed by atoms with Gasteiger partial charge in [-0.15, -0.1) is 0 Å². The molecule has 2 rings (SSSR count). The molecule has 3 nitrogen and oxygen atoms in total. The van der Waals surface area contributed by atoms with Gasteiger partial charge >= 0.3 is 5.97 Å². The second-order valence-corrected chi connectivity index (χ2v) is 6.82. The number of hydrogen-bond donors (Lipinski definition) is 1. The number of ether oxygens (including phenoxy) is 1. The molecule has 0 spiro atoms. The molecular weight excluding hydrogens is 274 g/mol. The van der Waals surface area contributed by atoms with Crippen LogP contribution in [0.15, 0.2) is 24.3 Å². The van der Waals surface area contributed by atoms with Crippen molar-refractivity contribution in [3.05, 3.63) is 34.9 Å². The van der Waals surface area contributed by atoms with E-state index in [2.05, 4.69) is 11.4 Å². The SMILES string of the molecule is CC(C)(C)OC(=O)CNC1CC(c2cccc(Cl)c2)C1. The summed E-state index contributed by atoms with van der Waals surface area (Å²) in [5, 5.41) is 4.03. The summed E-state index contributed by atoms with van der Waals surface area (Å²) in [6, 6.07) is 8.41. The van der Waals surface area contributed by atoms with Gasteiger partial charge in [-0.3, -0.25) is 4.79 Å². The molecule has 1 saturated carbocycles. The number of carbonyl (C=O) groups is 1. The predicted molar refractivity (Wildman–Crippen MR) is 81.1 cm³/mol. The van der Waals surface area contributed by atoms with Crippen molar-refractivity contribution in [2.45, 2.75) is 51.2 Å². The van der Waals surface area contributed by atoms with Crippen LogP contribution in [0.2, 0.25) is 5.02 Å². The summed E-state index contributed by atoms with van der Waals surface area (Å²) in [5.41, 5.74) is 0.870. The molecule has 0 bridgehead atoms. The molecule has 0 heterocycles. The molecule has 1 aliphatic carbocycles. The molecule has 0 radical (unpaired) electrons. The van der Waals surface area contributed by atoms with Crippen molar-refractivity contribution in [1.82, 2.24) is 5.32 Å². The van der Waals surface area contributed by atoms with E-state index in [0.717, 1.165) is 17.9 Å². The van der Waals surface area contributed by atoms with Gasteiger partial charge in [0, 0.05) is 11.1 Å². The van der Waals surface area contributed by atoms with Crippen molar-refractivity contribution in [1.29, 1.82) is 0 Å². The lowest BCUT2D eigenvalue weighted by Crippen LogP contribution is -2.43. The molecule has 1 aromatic rings. The number of carbonyl (C=O) groups excluding carboxylic acids is 1. The van der Waals surface area contributed by atoms with Gasteiger partial charge in [0.25, 0.3) is 0 Å². The minimum absolute atomic E-state index is 0.191. The molecule has 0 amide bonds. The van der Waals surface area contributed by atoms with Crippen molar-refractivity contribution < 1.29 is 9.53 Å². The first kappa shape index (κ1) is 15.3. The van der Waals surface area contributed by atoms with E-state index < -0.39 is 5.60 Å². The summed E-state index contributed by atoms with van der Waals surface area (Å²) in [7, 11) is 0. The Balaban J connectivity index is 1.71. The zero-order valence-electron chi connectivity index (χ0n) is 12.3. The lowest BCUT2D eigenvalue weighted by Gasteiger charge is -2.36. The maximum Gasteiger partial charge on any atom is 0.320 e. The summed E-state index contributed by atoms with van der Waals surface area (Å²) in [6.07, 6.45) is 2.09. The zero-order chi connectivity index (χ0) is 14.8. The maximum absolute atomic E-state index is 11.6. The Labute approximate surface area is 125 Å². The molecule has 1 aliphatic rings. The van der Waals surface area contributed by atoms with Crippen LogP contribution in [-0.2, 0) is 9.53 Å². The zero-order valence-corrected chi connectivity index (χ0v) is 13.0. The first-order valence-corrected chi connectivity index (χ1v) is 7.42. The summed E-state index contributed by atoms with van der Waals surface area (Å²) < 4.78 is 5.27. The fraction of sp³-hybridized carbons (Fsp3) is 0.562. The highest BCUT2D eigenvalue weighted by Gasteiger charge is 2.30. The predicted octanol–water partition coefficient (Wildman–Crippen LogP) is 3.52. The Kier molecular flexibility index (Phi) is 4.71. The maximum atomic E-state index is 11.6. The van der Waals surface area contributed by atoms with Crippen LogP contribution >= 0.6 is 11.6 Å². The van der Waals surface area contributed by atoms with Gasteiger partial charge in [-0.25, -0.2) is 0 Å². The van der Waals surface area contributed by atoms with Crippen molar-refractivity contribution >= 4 is 17.6 Å². The van der Waals surface area contributed by atoms with Gasteiger partial charge in [0.15, 0.2) is 0 Å². The average molecular weight is 296 g/mol. The van der Waals surface area contributed by atoms with Gasteiger partial charge in [0.05, 0.1) is 6.54 Å². The third kappa shape index (κ3) is 4.50. The van der Waals surface area contributed by atoms with Crippen molar-refractivity contribution in [2.24, 2.45) is 0 Å². The van der Waals surface area contributed by atoms with Crippen LogP contribution in [-0.4, -0.2) is 24.2 Å². The molecule has 0 unspecified atom stereocenters. The second kappa shape index (κ2) is 6.15. The summed E-state index contributed by atoms with van der Waals surface area (Å²) in [5.74, 6) is 0.355. The third-order valence-electron chi connectivity index (χ3n) is 3.41. The highest BCUT2D eigenvalue weighted by atomic mass is 35.5. The van der Waals surface area contributed by atoms with Crippen molar-refractivity contribution in [3.8, 4) is 0 Å². The molecule has 1 aromatic carbocycles. The van der Waals surface area contributed by atoms with E-state index in [9.17, 15) is 4.79 Å². The minimum atomic E-state index is -0.415. The highest BCUT2D eigenvalue weighted by Crippen LogP contribution is 2.37. The van der Waals surface area contributed by atoms with Gasteiger partial charge in [-0.05, 0) is 57.2 Å². The van der Waals surface area contributed by atoms with Crippen LogP contribution in [0.4, 0.5) is 0 Å². The standard InChI is InChI=1S/C16H22ClNO2/c1-16(2,3)20-15(19)10-18-14-8-12(9-14)11-5-4-6-13(17)7-11/h4-7,12,14,18H,8-10H2,1-3H3. The van der Waals surface area contributed by atoms with Gasteiger partial charge < -0.3 is 10.1 Å². The smallest absolute Gasteiger partial charge is 0.320 e. The molecule has 1 fully saturated rings. The molecule has 0 aromatic heterocycles. The highest BCUT2D eigenvalue weighted by molar-refractivity contribution is 6.30. The lowest BCUT2D eigenvalue weighted by atomic mass is 9.76. The normalized spacial score (nSPS) is 22.2. The van der Waals surface area contributed by atoms with Crippen molar-refractivity contribution in [2.75, 3.05) is 6.54 Å². The summed E-state index contributed by atoms with van der Waals surface area (Å²) in [4.78, 5) is 11.6. The number of benzene rings is 1. The van der Waals surface area contributed by atoms with Crippen LogP contribution in [0.3, 0.4) is 0 Å². The topological polar surface area (TPSA) is 38.3 Å². The Morgan fingerprint density at radius 3 is 2.70 bits per heavy atom. The quantitative estimate of drug-likeness (QED) is 0.864. The molecule has 20 heavy (non-hydrogen) atoms. The van der Waals surface area contributed by atoms with E-state index in [1.54, 1.807) is 0 Å². The monoisotopic (exact) mass is 295 g/mol. The molecule has 110 valence electrons. The van der Waals surface area contributed by atoms with E-state index in [-0.39, 0.29) is 12.5 Å². The fourth-order valence-electron chi connectivity index (χ4n) is 2.42. The van der Waals surface area contributed by atoms with Crippen LogP contribution in [0.5, 0.6) is 0 Å². The fourth-order valence-corrected chi connectivity index (χ4v) is 2.62. The molecule has 1 N–H and O–H groups in total. The van der Waals surface area contributed by atoms with Gasteiger partial charge in [0.1, 0.15) is 5.60 Å². The van der Waals surface area contributed by atoms with E-state index in [0.29, 0.717) is 12.0 Å². The van der Waals surface area contributed by atoms with Crippen LogP contribution in [0, 0.1) is 0 Å². The first-order chi connectivity index (χ1) is 9.33. The number of halogens is 1. The van der Waals surface area contributed by atoms with Gasteiger partial charge in [0.2, 0.25) is 0 Å². The molecule has 0 aliphatic heterocycles. The number of esters is 1. The summed E-state index contributed by atoms with van der Waals surface area (Å²) >= 11 is 5.99. The first-order valence-electron chi connectivity index (χ1n) is 7.04. The Morgan fingerprint density at radius 1 is 1.40 bits per heavy atom. The largest absolute Gasteiger partial charge is 0.459 e. The van der Waals surface area contributed by atoms with Crippen LogP contribution < -0.4 is 5.32 Å². The van der Waals surface area contributed by atoms with E-state index >= 15 is 0 Å². The number of nitrogens with one attached hydrogen (secondary N) is 1. The van der Waals surface area contributed by atoms with Crippen LogP contribution in [0.25, 0.3) is 0 Å². The Hall–Kier alpha value is -1.06. The molecule has 4 heteroatoms. The van der Waals surface area contributed by atoms with Crippen LogP contribution in [0.1, 0.15) is 45.1 Å². The van der Waals surface area contributed by atoms with Crippen molar-refractivity contribution in [3.63, 3.8) is 0 Å². The minimum Gasteiger partial charge on any atom is -0.459 e. The third-order valence-corrected chi connectivity index (χ3v) is 3.65. The second-order valence-electron chi connectivity index (χ2n) is 6.39. The number of hydrogen-bond acceptors (Lipinski definition) is 3. The van der Waals surface area contributed by atoms with E-state index in [4.69, 9.17) is 16.3 Å². The Morgan fingerprint density at radius 2 is 2.10 bits per heavy atom. The number of rotatable bonds is 4. The molecular formula is C16H22ClNO2. The van der Waals surface area contributed by atoms with Gasteiger partial charge in [-0.1, -0.05) is 23.7 Å². The average Bonchev–Trinajstić information content (AvgIpc) is 2.24. The Bertz CT molecular complexity index is 476. The molecule has 0 saturated heterocycles. The molecule has 0 atom stereocenters.